The maximum absolute atomic E-state index is 10.8. The number of anilines is 1. The minimum atomic E-state index is -0.897. The number of nitrogens with one attached hydrogen (secondary N) is 1. The third-order valence-electron chi connectivity index (χ3n) is 2.56. The zero-order chi connectivity index (χ0) is 13.1. The van der Waals surface area contributed by atoms with Crippen molar-refractivity contribution in [2.75, 3.05) is 5.32 Å². The summed E-state index contributed by atoms with van der Waals surface area (Å²) in [6, 6.07) is 7.38. The van der Waals surface area contributed by atoms with Crippen LogP contribution in [-0.4, -0.2) is 11.1 Å². The Morgan fingerprint density at radius 1 is 1.50 bits per heavy atom. The highest BCUT2D eigenvalue weighted by molar-refractivity contribution is 7.10. The fraction of sp³-hybridized carbons (Fsp3) is 0.154. The van der Waals surface area contributed by atoms with Crippen molar-refractivity contribution in [2.24, 2.45) is 0 Å². The van der Waals surface area contributed by atoms with E-state index in [9.17, 15) is 4.79 Å². The SMILES string of the molecule is Cc1cccc(Cl)c1NCc1cc(C(=O)O)cs1. The summed E-state index contributed by atoms with van der Waals surface area (Å²) in [7, 11) is 0. The van der Waals surface area contributed by atoms with Gasteiger partial charge in [-0.05, 0) is 24.6 Å². The van der Waals surface area contributed by atoms with Gasteiger partial charge in [-0.2, -0.15) is 0 Å². The summed E-state index contributed by atoms with van der Waals surface area (Å²) in [5.41, 5.74) is 2.29. The molecule has 2 rings (SSSR count). The number of carboxylic acids is 1. The molecule has 1 aromatic carbocycles. The zero-order valence-corrected chi connectivity index (χ0v) is 11.3. The van der Waals surface area contributed by atoms with Crippen LogP contribution >= 0.6 is 22.9 Å². The monoisotopic (exact) mass is 281 g/mol. The van der Waals surface area contributed by atoms with Crippen molar-refractivity contribution >= 4 is 34.6 Å². The smallest absolute Gasteiger partial charge is 0.336 e. The van der Waals surface area contributed by atoms with Crippen LogP contribution in [0.25, 0.3) is 0 Å². The second-order valence-electron chi connectivity index (χ2n) is 3.89. The van der Waals surface area contributed by atoms with Crippen LogP contribution in [0.2, 0.25) is 5.02 Å². The van der Waals surface area contributed by atoms with E-state index in [0.29, 0.717) is 17.1 Å². The van der Waals surface area contributed by atoms with Crippen molar-refractivity contribution in [1.29, 1.82) is 0 Å². The lowest BCUT2D eigenvalue weighted by Gasteiger charge is -2.10. The van der Waals surface area contributed by atoms with Crippen molar-refractivity contribution in [1.82, 2.24) is 0 Å². The van der Waals surface area contributed by atoms with Crippen LogP contribution in [0.4, 0.5) is 5.69 Å². The van der Waals surface area contributed by atoms with Gasteiger partial charge in [0.1, 0.15) is 0 Å². The van der Waals surface area contributed by atoms with Crippen molar-refractivity contribution in [3.05, 3.63) is 50.7 Å². The Balaban J connectivity index is 2.09. The van der Waals surface area contributed by atoms with E-state index in [2.05, 4.69) is 5.32 Å². The molecule has 0 saturated carbocycles. The van der Waals surface area contributed by atoms with Crippen LogP contribution in [-0.2, 0) is 6.54 Å². The van der Waals surface area contributed by atoms with Crippen molar-refractivity contribution < 1.29 is 9.90 Å². The lowest BCUT2D eigenvalue weighted by Crippen LogP contribution is -2.00. The summed E-state index contributed by atoms with van der Waals surface area (Å²) in [6.07, 6.45) is 0. The second-order valence-corrected chi connectivity index (χ2v) is 5.30. The Hall–Kier alpha value is -1.52. The predicted octanol–water partition coefficient (Wildman–Crippen LogP) is 4.02. The third-order valence-corrected chi connectivity index (χ3v) is 3.81. The summed E-state index contributed by atoms with van der Waals surface area (Å²) < 4.78 is 0. The van der Waals surface area contributed by atoms with Crippen LogP contribution in [0.15, 0.2) is 29.6 Å². The highest BCUT2D eigenvalue weighted by atomic mass is 35.5. The number of hydrogen-bond donors (Lipinski definition) is 2. The first-order chi connectivity index (χ1) is 8.58. The number of benzene rings is 1. The maximum atomic E-state index is 10.8. The van der Waals surface area contributed by atoms with E-state index in [4.69, 9.17) is 16.7 Å². The molecule has 0 bridgehead atoms. The van der Waals surface area contributed by atoms with Gasteiger partial charge in [0.25, 0.3) is 0 Å². The van der Waals surface area contributed by atoms with Crippen LogP contribution in [0.5, 0.6) is 0 Å². The molecule has 0 unspecified atom stereocenters. The highest BCUT2D eigenvalue weighted by Gasteiger charge is 2.07. The number of hydrogen-bond acceptors (Lipinski definition) is 3. The van der Waals surface area contributed by atoms with Crippen LogP contribution < -0.4 is 5.32 Å². The molecule has 94 valence electrons. The van der Waals surface area contributed by atoms with E-state index in [1.54, 1.807) is 11.4 Å². The molecular weight excluding hydrogens is 270 g/mol. The molecule has 1 heterocycles. The third kappa shape index (κ3) is 2.83. The minimum Gasteiger partial charge on any atom is -0.478 e. The number of halogens is 1. The Labute approximate surface area is 114 Å². The molecule has 0 spiro atoms. The fourth-order valence-electron chi connectivity index (χ4n) is 1.62. The molecule has 5 heteroatoms. The van der Waals surface area contributed by atoms with Gasteiger partial charge in [-0.3, -0.25) is 0 Å². The summed E-state index contributed by atoms with van der Waals surface area (Å²) in [4.78, 5) is 11.7. The van der Waals surface area contributed by atoms with Crippen molar-refractivity contribution in [2.45, 2.75) is 13.5 Å². The number of carboxylic acid groups (broad SMARTS) is 1. The number of rotatable bonds is 4. The Morgan fingerprint density at radius 2 is 2.28 bits per heavy atom. The standard InChI is InChI=1S/C13H12ClNO2S/c1-8-3-2-4-11(14)12(8)15-6-10-5-9(7-18-10)13(16)17/h2-5,7,15H,6H2,1H3,(H,16,17). The van der Waals surface area contributed by atoms with Gasteiger partial charge in [0.2, 0.25) is 0 Å². The lowest BCUT2D eigenvalue weighted by atomic mass is 10.2. The van der Waals surface area contributed by atoms with E-state index in [1.807, 2.05) is 25.1 Å². The van der Waals surface area contributed by atoms with Gasteiger partial charge in [-0.15, -0.1) is 11.3 Å². The summed E-state index contributed by atoms with van der Waals surface area (Å²) in [5.74, 6) is -0.897. The Kier molecular flexibility index (Phi) is 3.89. The number of para-hydroxylation sites is 1. The number of aryl methyl sites for hydroxylation is 1. The average molecular weight is 282 g/mol. The normalized spacial score (nSPS) is 10.3. The van der Waals surface area contributed by atoms with E-state index in [0.717, 1.165) is 16.1 Å². The van der Waals surface area contributed by atoms with E-state index in [-0.39, 0.29) is 0 Å². The summed E-state index contributed by atoms with van der Waals surface area (Å²) in [5, 5.41) is 14.4. The van der Waals surface area contributed by atoms with Gasteiger partial charge in [-0.25, -0.2) is 4.79 Å². The lowest BCUT2D eigenvalue weighted by molar-refractivity contribution is 0.0697. The quantitative estimate of drug-likeness (QED) is 0.890. The second kappa shape index (κ2) is 5.42. The summed E-state index contributed by atoms with van der Waals surface area (Å²) >= 11 is 7.52. The molecule has 0 atom stereocenters. The first kappa shape index (κ1) is 12.9. The summed E-state index contributed by atoms with van der Waals surface area (Å²) in [6.45, 7) is 2.55. The van der Waals surface area contributed by atoms with Gasteiger partial charge < -0.3 is 10.4 Å². The van der Waals surface area contributed by atoms with Gasteiger partial charge in [0.15, 0.2) is 0 Å². The van der Waals surface area contributed by atoms with Crippen molar-refractivity contribution in [3.8, 4) is 0 Å². The molecule has 0 aliphatic carbocycles. The first-order valence-corrected chi connectivity index (χ1v) is 6.63. The van der Waals surface area contributed by atoms with Crippen LogP contribution in [0.3, 0.4) is 0 Å². The molecule has 0 aliphatic rings. The molecule has 1 aromatic heterocycles. The van der Waals surface area contributed by atoms with Gasteiger partial charge >= 0.3 is 5.97 Å². The molecule has 18 heavy (non-hydrogen) atoms. The molecule has 2 N–H and O–H groups in total. The Morgan fingerprint density at radius 3 is 2.89 bits per heavy atom. The molecule has 0 aliphatic heterocycles. The number of thiophene rings is 1. The zero-order valence-electron chi connectivity index (χ0n) is 9.74. The molecular formula is C13H12ClNO2S. The topological polar surface area (TPSA) is 49.3 Å². The Bertz CT molecular complexity index is 560. The van der Waals surface area contributed by atoms with E-state index in [1.165, 1.54) is 11.3 Å². The molecule has 3 nitrogen and oxygen atoms in total. The highest BCUT2D eigenvalue weighted by Crippen LogP contribution is 2.26. The number of aromatic carboxylic acids is 1. The fourth-order valence-corrected chi connectivity index (χ4v) is 2.70. The molecule has 0 saturated heterocycles. The molecule has 0 radical (unpaired) electrons. The maximum Gasteiger partial charge on any atom is 0.336 e. The van der Waals surface area contributed by atoms with Crippen molar-refractivity contribution in [3.63, 3.8) is 0 Å². The van der Waals surface area contributed by atoms with E-state index < -0.39 is 5.97 Å². The minimum absolute atomic E-state index is 0.327. The molecule has 2 aromatic rings. The van der Waals surface area contributed by atoms with Crippen LogP contribution in [0.1, 0.15) is 20.8 Å². The van der Waals surface area contributed by atoms with E-state index >= 15 is 0 Å². The van der Waals surface area contributed by atoms with Gasteiger partial charge in [-0.1, -0.05) is 23.7 Å². The largest absolute Gasteiger partial charge is 0.478 e. The average Bonchev–Trinajstić information content (AvgIpc) is 2.77. The predicted molar refractivity (Wildman–Crippen MR) is 74.8 cm³/mol. The molecule has 0 amide bonds. The number of carbonyl (C=O) groups is 1. The van der Waals surface area contributed by atoms with Crippen LogP contribution in [0, 0.1) is 6.92 Å². The van der Waals surface area contributed by atoms with Gasteiger partial charge in [0, 0.05) is 16.8 Å². The first-order valence-electron chi connectivity index (χ1n) is 5.37. The molecule has 0 fully saturated rings. The van der Waals surface area contributed by atoms with Gasteiger partial charge in [0.05, 0.1) is 16.3 Å².